The number of aliphatic hydroxyl groups is 1. The molecule has 0 fully saturated rings. The van der Waals surface area contributed by atoms with Crippen molar-refractivity contribution in [3.8, 4) is 0 Å². The van der Waals surface area contributed by atoms with Gasteiger partial charge in [-0.1, -0.05) is 60.7 Å². The van der Waals surface area contributed by atoms with Gasteiger partial charge < -0.3 is 10.8 Å². The smallest absolute Gasteiger partial charge is 0.0808 e. The predicted octanol–water partition coefficient (Wildman–Crippen LogP) is 2.81. The second kappa shape index (κ2) is 5.62. The Morgan fingerprint density at radius 3 is 1.82 bits per heavy atom. The lowest BCUT2D eigenvalue weighted by Crippen LogP contribution is -2.14. The van der Waals surface area contributed by atoms with Gasteiger partial charge in [0, 0.05) is 6.04 Å². The Morgan fingerprint density at radius 1 is 0.824 bits per heavy atom. The van der Waals surface area contributed by atoms with Gasteiger partial charge in [-0.15, -0.1) is 0 Å². The average Bonchev–Trinajstić information content (AvgIpc) is 2.40. The summed E-state index contributed by atoms with van der Waals surface area (Å²) in [6.07, 6.45) is 0.0278. The Hall–Kier alpha value is -1.64. The molecule has 0 bridgehead atoms. The highest BCUT2D eigenvalue weighted by Crippen LogP contribution is 2.24. The summed E-state index contributed by atoms with van der Waals surface area (Å²) in [5.74, 6) is 0. The van der Waals surface area contributed by atoms with Crippen LogP contribution in [0.1, 0.15) is 29.7 Å². The summed E-state index contributed by atoms with van der Waals surface area (Å²) < 4.78 is 0. The number of hydrogen-bond acceptors (Lipinski definition) is 2. The minimum Gasteiger partial charge on any atom is -0.388 e. The summed E-state index contributed by atoms with van der Waals surface area (Å²) in [4.78, 5) is 0. The molecule has 0 heterocycles. The van der Waals surface area contributed by atoms with Crippen LogP contribution in [0, 0.1) is 0 Å². The van der Waals surface area contributed by atoms with E-state index < -0.39 is 6.10 Å². The van der Waals surface area contributed by atoms with Gasteiger partial charge in [0.2, 0.25) is 0 Å². The molecule has 2 atom stereocenters. The van der Waals surface area contributed by atoms with E-state index in [-0.39, 0.29) is 6.04 Å². The summed E-state index contributed by atoms with van der Waals surface area (Å²) in [6, 6.07) is 19.4. The first-order valence-corrected chi connectivity index (χ1v) is 5.81. The Balaban J connectivity index is 2.02. The van der Waals surface area contributed by atoms with Crippen LogP contribution >= 0.6 is 0 Å². The molecule has 0 amide bonds. The van der Waals surface area contributed by atoms with Crippen molar-refractivity contribution in [3.05, 3.63) is 71.8 Å². The monoisotopic (exact) mass is 227 g/mol. The lowest BCUT2D eigenvalue weighted by Gasteiger charge is -2.17. The minimum atomic E-state index is -0.508. The molecule has 0 aliphatic carbocycles. The van der Waals surface area contributed by atoms with Crippen molar-refractivity contribution in [2.75, 3.05) is 0 Å². The number of hydrogen-bond donors (Lipinski definition) is 2. The first-order chi connectivity index (χ1) is 8.27. The van der Waals surface area contributed by atoms with E-state index in [1.165, 1.54) is 0 Å². The molecule has 2 heteroatoms. The third kappa shape index (κ3) is 3.16. The summed E-state index contributed by atoms with van der Waals surface area (Å²) in [5, 5.41) is 10.1. The van der Waals surface area contributed by atoms with Gasteiger partial charge in [0.25, 0.3) is 0 Å². The van der Waals surface area contributed by atoms with E-state index >= 15 is 0 Å². The molecule has 88 valence electrons. The van der Waals surface area contributed by atoms with Crippen molar-refractivity contribution in [1.82, 2.24) is 0 Å². The largest absolute Gasteiger partial charge is 0.388 e. The van der Waals surface area contributed by atoms with Gasteiger partial charge in [-0.2, -0.15) is 0 Å². The maximum absolute atomic E-state index is 10.1. The zero-order chi connectivity index (χ0) is 12.1. The molecule has 0 spiro atoms. The molecule has 0 unspecified atom stereocenters. The van der Waals surface area contributed by atoms with Crippen LogP contribution in [0.15, 0.2) is 60.7 Å². The van der Waals surface area contributed by atoms with Crippen molar-refractivity contribution < 1.29 is 5.11 Å². The zero-order valence-corrected chi connectivity index (χ0v) is 9.66. The molecule has 0 aromatic heterocycles. The number of nitrogens with two attached hydrogens (primary N) is 1. The molecular weight excluding hydrogens is 210 g/mol. The Kier molecular flexibility index (Phi) is 3.91. The molecule has 2 aromatic carbocycles. The van der Waals surface area contributed by atoms with Gasteiger partial charge >= 0.3 is 0 Å². The lowest BCUT2D eigenvalue weighted by atomic mass is 9.97. The van der Waals surface area contributed by atoms with E-state index in [0.717, 1.165) is 11.1 Å². The van der Waals surface area contributed by atoms with E-state index in [1.807, 2.05) is 60.7 Å². The van der Waals surface area contributed by atoms with Crippen molar-refractivity contribution in [2.45, 2.75) is 18.6 Å². The van der Waals surface area contributed by atoms with Crippen LogP contribution in [-0.2, 0) is 0 Å². The highest BCUT2D eigenvalue weighted by molar-refractivity contribution is 5.21. The van der Waals surface area contributed by atoms with Crippen molar-refractivity contribution in [2.24, 2.45) is 5.73 Å². The molecule has 2 rings (SSSR count). The predicted molar refractivity (Wildman–Crippen MR) is 69.4 cm³/mol. The molecule has 0 saturated carbocycles. The fourth-order valence-electron chi connectivity index (χ4n) is 1.89. The van der Waals surface area contributed by atoms with E-state index in [2.05, 4.69) is 0 Å². The van der Waals surface area contributed by atoms with Crippen molar-refractivity contribution in [1.29, 1.82) is 0 Å². The van der Waals surface area contributed by atoms with Gasteiger partial charge in [0.15, 0.2) is 0 Å². The van der Waals surface area contributed by atoms with E-state index in [9.17, 15) is 5.11 Å². The first kappa shape index (κ1) is 11.8. The number of rotatable bonds is 4. The average molecular weight is 227 g/mol. The Labute approximate surface area is 102 Å². The van der Waals surface area contributed by atoms with Crippen LogP contribution in [0.3, 0.4) is 0 Å². The lowest BCUT2D eigenvalue weighted by molar-refractivity contribution is 0.158. The minimum absolute atomic E-state index is 0.133. The van der Waals surface area contributed by atoms with Crippen LogP contribution in [0.4, 0.5) is 0 Å². The molecule has 17 heavy (non-hydrogen) atoms. The molecular formula is C15H17NO. The van der Waals surface area contributed by atoms with Crippen LogP contribution in [0.25, 0.3) is 0 Å². The summed E-state index contributed by atoms with van der Waals surface area (Å²) >= 11 is 0. The van der Waals surface area contributed by atoms with Crippen LogP contribution in [-0.4, -0.2) is 5.11 Å². The maximum Gasteiger partial charge on any atom is 0.0808 e. The highest BCUT2D eigenvalue weighted by Gasteiger charge is 2.13. The van der Waals surface area contributed by atoms with Gasteiger partial charge in [-0.05, 0) is 17.5 Å². The maximum atomic E-state index is 10.1. The highest BCUT2D eigenvalue weighted by atomic mass is 16.3. The van der Waals surface area contributed by atoms with Gasteiger partial charge in [0.1, 0.15) is 0 Å². The number of aliphatic hydroxyl groups excluding tert-OH is 1. The molecule has 3 N–H and O–H groups in total. The van der Waals surface area contributed by atoms with Crippen LogP contribution in [0.5, 0.6) is 0 Å². The second-order valence-electron chi connectivity index (χ2n) is 4.18. The molecule has 0 saturated heterocycles. The summed E-state index contributed by atoms with van der Waals surface area (Å²) in [7, 11) is 0. The van der Waals surface area contributed by atoms with Crippen molar-refractivity contribution >= 4 is 0 Å². The zero-order valence-electron chi connectivity index (χ0n) is 9.66. The number of benzene rings is 2. The van der Waals surface area contributed by atoms with Crippen LogP contribution < -0.4 is 5.73 Å². The van der Waals surface area contributed by atoms with Gasteiger partial charge in [-0.3, -0.25) is 0 Å². The standard InChI is InChI=1S/C15H17NO/c16-14(12-7-3-1-4-8-12)11-15(17)13-9-5-2-6-10-13/h1-10,14-15,17H,11,16H2/t14-,15+/m1/s1. The third-order valence-electron chi connectivity index (χ3n) is 2.89. The summed E-state index contributed by atoms with van der Waals surface area (Å²) in [5.41, 5.74) is 8.05. The quantitative estimate of drug-likeness (QED) is 0.843. The molecule has 0 radical (unpaired) electrons. The fourth-order valence-corrected chi connectivity index (χ4v) is 1.89. The van der Waals surface area contributed by atoms with E-state index in [4.69, 9.17) is 5.73 Å². The topological polar surface area (TPSA) is 46.2 Å². The third-order valence-corrected chi connectivity index (χ3v) is 2.89. The van der Waals surface area contributed by atoms with Crippen LogP contribution in [0.2, 0.25) is 0 Å². The van der Waals surface area contributed by atoms with Crippen molar-refractivity contribution in [3.63, 3.8) is 0 Å². The SMILES string of the molecule is N[C@H](C[C@H](O)c1ccccc1)c1ccccc1. The van der Waals surface area contributed by atoms with Gasteiger partial charge in [0.05, 0.1) is 6.10 Å². The van der Waals surface area contributed by atoms with E-state index in [0.29, 0.717) is 6.42 Å². The molecule has 0 aliphatic heterocycles. The molecule has 2 aromatic rings. The Morgan fingerprint density at radius 2 is 1.29 bits per heavy atom. The second-order valence-corrected chi connectivity index (χ2v) is 4.18. The first-order valence-electron chi connectivity index (χ1n) is 5.81. The molecule has 2 nitrogen and oxygen atoms in total. The molecule has 0 aliphatic rings. The van der Waals surface area contributed by atoms with Gasteiger partial charge in [-0.25, -0.2) is 0 Å². The Bertz CT molecular complexity index is 397. The fraction of sp³-hybridized carbons (Fsp3) is 0.200. The van der Waals surface area contributed by atoms with E-state index in [1.54, 1.807) is 0 Å². The normalized spacial score (nSPS) is 14.2. The summed E-state index contributed by atoms with van der Waals surface area (Å²) in [6.45, 7) is 0.